The summed E-state index contributed by atoms with van der Waals surface area (Å²) in [7, 11) is 0. The molecular formula is C10H12N2O4. The molecule has 1 aliphatic rings. The highest BCUT2D eigenvalue weighted by Crippen LogP contribution is 2.32. The van der Waals surface area contributed by atoms with Crippen molar-refractivity contribution >= 4 is 6.09 Å². The van der Waals surface area contributed by atoms with Crippen molar-refractivity contribution in [1.82, 2.24) is 10.5 Å². The van der Waals surface area contributed by atoms with Crippen LogP contribution in [-0.4, -0.2) is 29.0 Å². The third kappa shape index (κ3) is 2.34. The van der Waals surface area contributed by atoms with E-state index in [-0.39, 0.29) is 6.04 Å². The van der Waals surface area contributed by atoms with Crippen molar-refractivity contribution in [2.75, 3.05) is 6.54 Å². The van der Waals surface area contributed by atoms with Gasteiger partial charge in [0, 0.05) is 11.3 Å². The van der Waals surface area contributed by atoms with Crippen LogP contribution in [0.3, 0.4) is 0 Å². The maximum Gasteiger partial charge on any atom is 0.404 e. The number of hydrogen-bond acceptors (Lipinski definition) is 4. The summed E-state index contributed by atoms with van der Waals surface area (Å²) in [6.07, 6.45) is -1.07. The van der Waals surface area contributed by atoms with Crippen LogP contribution in [0.2, 0.25) is 0 Å². The fourth-order valence-electron chi connectivity index (χ4n) is 1.39. The van der Waals surface area contributed by atoms with E-state index in [4.69, 9.17) is 14.8 Å². The van der Waals surface area contributed by atoms with Crippen LogP contribution in [0, 0.1) is 0 Å². The number of para-hydroxylation sites is 2. The van der Waals surface area contributed by atoms with E-state index >= 15 is 0 Å². The fraction of sp³-hybridized carbons (Fsp3) is 0.300. The van der Waals surface area contributed by atoms with Crippen molar-refractivity contribution in [3.05, 3.63) is 24.3 Å². The molecule has 6 heteroatoms. The van der Waals surface area contributed by atoms with E-state index in [0.29, 0.717) is 18.0 Å². The first-order chi connectivity index (χ1) is 7.65. The second-order valence-electron chi connectivity index (χ2n) is 3.50. The summed E-state index contributed by atoms with van der Waals surface area (Å²) in [6, 6.07) is 6.96. The topological polar surface area (TPSA) is 71.0 Å². The monoisotopic (exact) mass is 224 g/mol. The Morgan fingerprint density at radius 1 is 1.44 bits per heavy atom. The van der Waals surface area contributed by atoms with Crippen LogP contribution in [-0.2, 0) is 0 Å². The normalized spacial score (nSPS) is 15.8. The van der Waals surface area contributed by atoms with Crippen molar-refractivity contribution in [1.29, 1.82) is 0 Å². The molecule has 1 amide bonds. The van der Waals surface area contributed by atoms with Crippen molar-refractivity contribution < 1.29 is 19.6 Å². The molecule has 1 atom stereocenters. The minimum absolute atomic E-state index is 0.285. The maximum atomic E-state index is 10.4. The molecule has 2 rings (SSSR count). The maximum absolute atomic E-state index is 10.4. The number of hydrogen-bond donors (Lipinski definition) is 2. The summed E-state index contributed by atoms with van der Waals surface area (Å²) in [5.41, 5.74) is 0. The van der Waals surface area contributed by atoms with Gasteiger partial charge in [-0.05, 0) is 19.1 Å². The molecule has 6 nitrogen and oxygen atoms in total. The summed E-state index contributed by atoms with van der Waals surface area (Å²) in [4.78, 5) is 21.1. The summed E-state index contributed by atoms with van der Waals surface area (Å²) in [6.45, 7) is 2.03. The second kappa shape index (κ2) is 4.28. The number of nitrogens with zero attached hydrogens (tertiary/aromatic N) is 1. The smallest absolute Gasteiger partial charge is 0.404 e. The van der Waals surface area contributed by atoms with E-state index in [1.165, 1.54) is 5.23 Å². The van der Waals surface area contributed by atoms with Gasteiger partial charge in [0.1, 0.15) is 0 Å². The molecule has 0 saturated carbocycles. The van der Waals surface area contributed by atoms with Crippen LogP contribution in [0.4, 0.5) is 4.79 Å². The quantitative estimate of drug-likeness (QED) is 0.808. The van der Waals surface area contributed by atoms with E-state index in [2.05, 4.69) is 5.32 Å². The molecule has 0 aliphatic carbocycles. The van der Waals surface area contributed by atoms with Gasteiger partial charge >= 0.3 is 6.09 Å². The minimum atomic E-state index is -1.07. The predicted octanol–water partition coefficient (Wildman–Crippen LogP) is 1.25. The average molecular weight is 224 g/mol. The van der Waals surface area contributed by atoms with E-state index < -0.39 is 6.09 Å². The van der Waals surface area contributed by atoms with Crippen LogP contribution in [0.15, 0.2) is 24.3 Å². The van der Waals surface area contributed by atoms with Crippen LogP contribution >= 0.6 is 0 Å². The van der Waals surface area contributed by atoms with Crippen molar-refractivity contribution in [3.63, 3.8) is 0 Å². The first-order valence-corrected chi connectivity index (χ1v) is 4.87. The fourth-order valence-corrected chi connectivity index (χ4v) is 1.39. The summed E-state index contributed by atoms with van der Waals surface area (Å²) in [5.74, 6) is 1.26. The lowest BCUT2D eigenvalue weighted by atomic mass is 10.3. The molecule has 0 radical (unpaired) electrons. The molecule has 1 aliphatic heterocycles. The Balaban J connectivity index is 1.89. The summed E-state index contributed by atoms with van der Waals surface area (Å²) < 4.78 is 0. The van der Waals surface area contributed by atoms with Gasteiger partial charge in [0.25, 0.3) is 0 Å². The van der Waals surface area contributed by atoms with Gasteiger partial charge in [-0.1, -0.05) is 12.1 Å². The zero-order valence-corrected chi connectivity index (χ0v) is 8.71. The van der Waals surface area contributed by atoms with Gasteiger partial charge in [-0.15, -0.1) is 0 Å². The molecule has 2 N–H and O–H groups in total. The zero-order valence-electron chi connectivity index (χ0n) is 8.71. The molecule has 0 saturated heterocycles. The molecule has 1 aromatic rings. The molecule has 86 valence electrons. The first-order valence-electron chi connectivity index (χ1n) is 4.87. The van der Waals surface area contributed by atoms with Crippen molar-refractivity contribution in [3.8, 4) is 11.5 Å². The number of nitrogens with one attached hydrogen (secondary N) is 1. The van der Waals surface area contributed by atoms with Crippen LogP contribution in [0.5, 0.6) is 11.5 Å². The van der Waals surface area contributed by atoms with Gasteiger partial charge in [0.2, 0.25) is 0 Å². The predicted molar refractivity (Wildman–Crippen MR) is 55.0 cm³/mol. The van der Waals surface area contributed by atoms with Gasteiger partial charge in [-0.2, -0.15) is 0 Å². The number of amides is 1. The Morgan fingerprint density at radius 3 is 2.50 bits per heavy atom. The number of fused-ring (bicyclic) bond motifs is 1. The van der Waals surface area contributed by atoms with Crippen LogP contribution in [0.1, 0.15) is 6.92 Å². The Kier molecular flexibility index (Phi) is 2.82. The van der Waals surface area contributed by atoms with E-state index in [1.54, 1.807) is 19.1 Å². The lowest BCUT2D eigenvalue weighted by Gasteiger charge is -2.17. The second-order valence-corrected chi connectivity index (χ2v) is 3.50. The van der Waals surface area contributed by atoms with Crippen LogP contribution < -0.4 is 15.0 Å². The lowest BCUT2D eigenvalue weighted by molar-refractivity contribution is -0.228. The number of rotatable bonds is 3. The lowest BCUT2D eigenvalue weighted by Crippen LogP contribution is -2.42. The van der Waals surface area contributed by atoms with Gasteiger partial charge in [-0.3, -0.25) is 0 Å². The van der Waals surface area contributed by atoms with Gasteiger partial charge in [0.15, 0.2) is 11.5 Å². The Bertz CT molecular complexity index is 371. The van der Waals surface area contributed by atoms with E-state index in [1.807, 2.05) is 12.1 Å². The highest BCUT2D eigenvalue weighted by Gasteiger charge is 2.24. The molecule has 1 unspecified atom stereocenters. The molecule has 0 aromatic heterocycles. The molecule has 1 heterocycles. The largest absolute Gasteiger partial charge is 0.465 e. The number of hydroxylamine groups is 2. The highest BCUT2D eigenvalue weighted by molar-refractivity contribution is 5.64. The average Bonchev–Trinajstić information content (AvgIpc) is 2.57. The third-order valence-electron chi connectivity index (χ3n) is 2.04. The SMILES string of the molecule is CC(CN1Oc2ccccc2O1)NC(=O)O. The van der Waals surface area contributed by atoms with Crippen molar-refractivity contribution in [2.45, 2.75) is 13.0 Å². The standard InChI is InChI=1S/C10H12N2O4/c1-7(11-10(13)14)6-12-15-8-4-2-3-5-9(8)16-12/h2-5,7,11H,6H2,1H3,(H,13,14). The number of carbonyl (C=O) groups is 1. The highest BCUT2D eigenvalue weighted by atomic mass is 17.0. The molecule has 0 spiro atoms. The number of carboxylic acid groups (broad SMARTS) is 1. The molecule has 1 aromatic carbocycles. The van der Waals surface area contributed by atoms with Crippen molar-refractivity contribution in [2.24, 2.45) is 0 Å². The van der Waals surface area contributed by atoms with Gasteiger partial charge in [0.05, 0.1) is 6.54 Å². The van der Waals surface area contributed by atoms with E-state index in [9.17, 15) is 4.79 Å². The summed E-state index contributed by atoms with van der Waals surface area (Å²) >= 11 is 0. The molecular weight excluding hydrogens is 212 g/mol. The summed E-state index contributed by atoms with van der Waals surface area (Å²) in [5, 5.41) is 12.1. The Labute approximate surface area is 92.3 Å². The minimum Gasteiger partial charge on any atom is -0.465 e. The van der Waals surface area contributed by atoms with Crippen LogP contribution in [0.25, 0.3) is 0 Å². The third-order valence-corrected chi connectivity index (χ3v) is 2.04. The molecule has 0 bridgehead atoms. The zero-order chi connectivity index (χ0) is 11.5. The Morgan fingerprint density at radius 2 is 2.00 bits per heavy atom. The van der Waals surface area contributed by atoms with Gasteiger partial charge < -0.3 is 20.1 Å². The molecule has 16 heavy (non-hydrogen) atoms. The molecule has 0 fully saturated rings. The van der Waals surface area contributed by atoms with E-state index in [0.717, 1.165) is 0 Å². The number of benzene rings is 1. The van der Waals surface area contributed by atoms with Gasteiger partial charge in [-0.25, -0.2) is 4.79 Å². The Hall–Kier alpha value is -1.95. The first kappa shape index (κ1) is 10.6.